The summed E-state index contributed by atoms with van der Waals surface area (Å²) in [5.74, 6) is 0. The molecule has 0 bridgehead atoms. The Labute approximate surface area is 69.8 Å². The molecule has 2 fully saturated rings. The molecule has 1 heterocycles. The normalized spacial score (nSPS) is 34.1. The summed E-state index contributed by atoms with van der Waals surface area (Å²) >= 11 is 0. The number of rotatable bonds is 2. The van der Waals surface area contributed by atoms with Gasteiger partial charge in [-0.3, -0.25) is 4.90 Å². The van der Waals surface area contributed by atoms with Crippen molar-refractivity contribution < 1.29 is 0 Å². The average molecular weight is 153 g/mol. The van der Waals surface area contributed by atoms with Crippen LogP contribution in [0, 0.1) is 0 Å². The van der Waals surface area contributed by atoms with E-state index in [9.17, 15) is 0 Å². The summed E-state index contributed by atoms with van der Waals surface area (Å²) in [6.07, 6.45) is 8.77. The van der Waals surface area contributed by atoms with Crippen LogP contribution in [0.3, 0.4) is 0 Å². The average Bonchev–Trinajstić information content (AvgIpc) is 2.39. The summed E-state index contributed by atoms with van der Waals surface area (Å²) in [7, 11) is 0. The number of nitrogens with zero attached hydrogens (tertiary/aromatic N) is 1. The van der Waals surface area contributed by atoms with Gasteiger partial charge in [0.25, 0.3) is 0 Å². The molecule has 1 atom stereocenters. The zero-order valence-corrected chi connectivity index (χ0v) is 7.55. The molecule has 1 saturated heterocycles. The Morgan fingerprint density at radius 1 is 1.18 bits per heavy atom. The van der Waals surface area contributed by atoms with E-state index in [1.807, 2.05) is 0 Å². The van der Waals surface area contributed by atoms with Crippen LogP contribution in [0.4, 0.5) is 0 Å². The molecule has 1 saturated carbocycles. The Hall–Kier alpha value is -0.0400. The molecule has 0 amide bonds. The Morgan fingerprint density at radius 2 is 1.91 bits per heavy atom. The van der Waals surface area contributed by atoms with Crippen LogP contribution in [-0.2, 0) is 0 Å². The van der Waals surface area contributed by atoms with Gasteiger partial charge < -0.3 is 0 Å². The molecule has 64 valence electrons. The zero-order chi connectivity index (χ0) is 7.68. The van der Waals surface area contributed by atoms with Gasteiger partial charge in [-0.15, -0.1) is 0 Å². The lowest BCUT2D eigenvalue weighted by Crippen LogP contribution is -2.51. The maximum absolute atomic E-state index is 2.74. The van der Waals surface area contributed by atoms with Crippen LogP contribution in [0.1, 0.15) is 45.4 Å². The lowest BCUT2D eigenvalue weighted by Gasteiger charge is -2.44. The van der Waals surface area contributed by atoms with Crippen molar-refractivity contribution >= 4 is 0 Å². The maximum Gasteiger partial charge on any atom is 0.0108 e. The predicted octanol–water partition coefficient (Wildman–Crippen LogP) is 2.41. The smallest absolute Gasteiger partial charge is 0.0108 e. The first-order valence-corrected chi connectivity index (χ1v) is 5.17. The fraction of sp³-hybridized carbons (Fsp3) is 1.00. The van der Waals surface area contributed by atoms with Crippen molar-refractivity contribution in [3.8, 4) is 0 Å². The Kier molecular flexibility index (Phi) is 2.17. The summed E-state index contributed by atoms with van der Waals surface area (Å²) in [6, 6.07) is 1.94. The van der Waals surface area contributed by atoms with Crippen LogP contribution in [0.25, 0.3) is 0 Å². The summed E-state index contributed by atoms with van der Waals surface area (Å²) in [4.78, 5) is 2.74. The largest absolute Gasteiger partial charge is 0.297 e. The van der Waals surface area contributed by atoms with Gasteiger partial charge in [-0.2, -0.15) is 0 Å². The highest BCUT2D eigenvalue weighted by atomic mass is 15.2. The van der Waals surface area contributed by atoms with Crippen molar-refractivity contribution in [3.63, 3.8) is 0 Å². The van der Waals surface area contributed by atoms with Gasteiger partial charge in [-0.05, 0) is 25.7 Å². The van der Waals surface area contributed by atoms with E-state index in [0.29, 0.717) is 0 Å². The van der Waals surface area contributed by atoms with E-state index in [2.05, 4.69) is 11.8 Å². The van der Waals surface area contributed by atoms with Crippen LogP contribution in [0.15, 0.2) is 0 Å². The summed E-state index contributed by atoms with van der Waals surface area (Å²) in [5, 5.41) is 0. The van der Waals surface area contributed by atoms with Crippen LogP contribution >= 0.6 is 0 Å². The second-order valence-electron chi connectivity index (χ2n) is 4.03. The second-order valence-corrected chi connectivity index (χ2v) is 4.03. The first-order valence-electron chi connectivity index (χ1n) is 5.17. The molecule has 2 aliphatic rings. The summed E-state index contributed by atoms with van der Waals surface area (Å²) in [5.41, 5.74) is 0. The van der Waals surface area contributed by atoms with Crippen molar-refractivity contribution in [1.82, 2.24) is 4.90 Å². The molecule has 1 aliphatic carbocycles. The number of hydrogen-bond acceptors (Lipinski definition) is 1. The van der Waals surface area contributed by atoms with Crippen LogP contribution in [0.5, 0.6) is 0 Å². The number of hydrogen-bond donors (Lipinski definition) is 0. The zero-order valence-electron chi connectivity index (χ0n) is 7.55. The topological polar surface area (TPSA) is 3.24 Å². The highest BCUT2D eigenvalue weighted by molar-refractivity contribution is 4.89. The van der Waals surface area contributed by atoms with Gasteiger partial charge in [0, 0.05) is 18.6 Å². The van der Waals surface area contributed by atoms with Crippen molar-refractivity contribution in [3.05, 3.63) is 0 Å². The second kappa shape index (κ2) is 3.14. The van der Waals surface area contributed by atoms with E-state index < -0.39 is 0 Å². The molecule has 0 aromatic rings. The molecule has 0 aromatic heterocycles. The van der Waals surface area contributed by atoms with Gasteiger partial charge >= 0.3 is 0 Å². The summed E-state index contributed by atoms with van der Waals surface area (Å²) < 4.78 is 0. The van der Waals surface area contributed by atoms with Crippen molar-refractivity contribution in [1.29, 1.82) is 0 Å². The molecule has 11 heavy (non-hydrogen) atoms. The lowest BCUT2D eigenvalue weighted by molar-refractivity contribution is 0.0415. The van der Waals surface area contributed by atoms with Crippen LogP contribution in [0.2, 0.25) is 0 Å². The third-order valence-corrected chi connectivity index (χ3v) is 3.45. The summed E-state index contributed by atoms with van der Waals surface area (Å²) in [6.45, 7) is 3.72. The third-order valence-electron chi connectivity index (χ3n) is 3.45. The fourth-order valence-corrected chi connectivity index (χ4v) is 2.62. The van der Waals surface area contributed by atoms with Crippen molar-refractivity contribution in [2.75, 3.05) is 6.54 Å². The molecule has 1 aliphatic heterocycles. The first kappa shape index (κ1) is 7.60. The highest BCUT2D eigenvalue weighted by Crippen LogP contribution is 2.31. The van der Waals surface area contributed by atoms with Crippen LogP contribution in [-0.4, -0.2) is 23.5 Å². The van der Waals surface area contributed by atoms with E-state index >= 15 is 0 Å². The first-order chi connectivity index (χ1) is 5.42. The van der Waals surface area contributed by atoms with Gasteiger partial charge in [0.2, 0.25) is 0 Å². The van der Waals surface area contributed by atoms with Gasteiger partial charge in [-0.25, -0.2) is 0 Å². The van der Waals surface area contributed by atoms with E-state index in [1.54, 1.807) is 0 Å². The Bertz CT molecular complexity index is 125. The van der Waals surface area contributed by atoms with Gasteiger partial charge in [0.15, 0.2) is 0 Å². The molecule has 1 heteroatoms. The van der Waals surface area contributed by atoms with E-state index in [-0.39, 0.29) is 0 Å². The Morgan fingerprint density at radius 3 is 2.36 bits per heavy atom. The highest BCUT2D eigenvalue weighted by Gasteiger charge is 2.33. The van der Waals surface area contributed by atoms with Crippen LogP contribution < -0.4 is 0 Å². The minimum atomic E-state index is 0.957. The third kappa shape index (κ3) is 1.31. The molecular weight excluding hydrogens is 134 g/mol. The fourth-order valence-electron chi connectivity index (χ4n) is 2.62. The molecule has 0 spiro atoms. The monoisotopic (exact) mass is 153 g/mol. The molecule has 0 radical (unpaired) electrons. The minimum absolute atomic E-state index is 0.957. The van der Waals surface area contributed by atoms with E-state index in [1.165, 1.54) is 45.1 Å². The molecule has 0 N–H and O–H groups in total. The predicted molar refractivity (Wildman–Crippen MR) is 47.7 cm³/mol. The molecule has 1 unspecified atom stereocenters. The Balaban J connectivity index is 1.84. The van der Waals surface area contributed by atoms with Gasteiger partial charge in [0.05, 0.1) is 0 Å². The van der Waals surface area contributed by atoms with Gasteiger partial charge in [0.1, 0.15) is 0 Å². The quantitative estimate of drug-likeness (QED) is 0.589. The molecular formula is C10H19N. The standard InChI is InChI=1S/C10H19N/c1-2-9-7-8-11(9)10-5-3-4-6-10/h9-10H,2-8H2,1H3. The molecule has 0 aromatic carbocycles. The minimum Gasteiger partial charge on any atom is -0.297 e. The lowest BCUT2D eigenvalue weighted by atomic mass is 9.97. The molecule has 2 rings (SSSR count). The van der Waals surface area contributed by atoms with E-state index in [0.717, 1.165) is 12.1 Å². The van der Waals surface area contributed by atoms with Gasteiger partial charge in [-0.1, -0.05) is 19.8 Å². The van der Waals surface area contributed by atoms with E-state index in [4.69, 9.17) is 0 Å². The van der Waals surface area contributed by atoms with Crippen molar-refractivity contribution in [2.24, 2.45) is 0 Å². The maximum atomic E-state index is 2.74. The van der Waals surface area contributed by atoms with Crippen molar-refractivity contribution in [2.45, 2.75) is 57.5 Å². The SMILES string of the molecule is CCC1CCN1C1CCCC1. The number of likely N-dealkylation sites (tertiary alicyclic amines) is 1. The molecule has 1 nitrogen and oxygen atoms in total.